The molecular formula is C15H16N4O. The highest BCUT2D eigenvalue weighted by Gasteiger charge is 2.10. The van der Waals surface area contributed by atoms with Gasteiger partial charge in [-0.05, 0) is 25.1 Å². The molecule has 0 saturated carbocycles. The minimum atomic E-state index is -0.178. The molecule has 1 aromatic carbocycles. The molecule has 2 aromatic rings. The van der Waals surface area contributed by atoms with Crippen molar-refractivity contribution in [2.45, 2.75) is 6.42 Å². The highest BCUT2D eigenvalue weighted by atomic mass is 16.1. The number of amides is 1. The van der Waals surface area contributed by atoms with Crippen LogP contribution in [0.25, 0.3) is 11.0 Å². The standard InChI is InChI=1S/C15H16N4O/c20-15(18-9-11-5-7-16-8-6-11)14-10-17-12-3-1-2-4-13(12)19-14/h1-5,10,16H,6-9H2,(H,18,20). The van der Waals surface area contributed by atoms with Crippen LogP contribution in [0.15, 0.2) is 42.1 Å². The first-order valence-electron chi connectivity index (χ1n) is 6.71. The number of nitrogens with one attached hydrogen (secondary N) is 2. The van der Waals surface area contributed by atoms with Crippen molar-refractivity contribution in [3.63, 3.8) is 0 Å². The summed E-state index contributed by atoms with van der Waals surface area (Å²) in [5.41, 5.74) is 3.15. The van der Waals surface area contributed by atoms with E-state index in [2.05, 4.69) is 26.7 Å². The van der Waals surface area contributed by atoms with Crippen molar-refractivity contribution in [2.75, 3.05) is 19.6 Å². The number of hydrogen-bond acceptors (Lipinski definition) is 4. The average Bonchev–Trinajstić information content (AvgIpc) is 2.53. The third-order valence-corrected chi connectivity index (χ3v) is 3.32. The van der Waals surface area contributed by atoms with E-state index in [0.29, 0.717) is 12.2 Å². The van der Waals surface area contributed by atoms with Gasteiger partial charge in [0.05, 0.1) is 17.2 Å². The molecule has 20 heavy (non-hydrogen) atoms. The number of hydrogen-bond donors (Lipinski definition) is 2. The van der Waals surface area contributed by atoms with E-state index in [4.69, 9.17) is 0 Å². The van der Waals surface area contributed by atoms with Gasteiger partial charge in [-0.25, -0.2) is 4.98 Å². The van der Waals surface area contributed by atoms with Crippen molar-refractivity contribution < 1.29 is 4.79 Å². The fourth-order valence-corrected chi connectivity index (χ4v) is 2.18. The van der Waals surface area contributed by atoms with Gasteiger partial charge in [0.1, 0.15) is 5.69 Å². The van der Waals surface area contributed by atoms with Crippen LogP contribution >= 0.6 is 0 Å². The van der Waals surface area contributed by atoms with Gasteiger partial charge in [-0.15, -0.1) is 0 Å². The van der Waals surface area contributed by atoms with Gasteiger partial charge >= 0.3 is 0 Å². The molecule has 2 heterocycles. The zero-order valence-corrected chi connectivity index (χ0v) is 11.1. The first-order chi connectivity index (χ1) is 9.83. The number of carbonyl (C=O) groups is 1. The van der Waals surface area contributed by atoms with Gasteiger partial charge in [0.2, 0.25) is 0 Å². The second kappa shape index (κ2) is 5.79. The van der Waals surface area contributed by atoms with E-state index in [9.17, 15) is 4.79 Å². The molecule has 0 atom stereocenters. The Balaban J connectivity index is 1.70. The predicted molar refractivity (Wildman–Crippen MR) is 77.4 cm³/mol. The molecule has 2 N–H and O–H groups in total. The van der Waals surface area contributed by atoms with Crippen LogP contribution in [-0.4, -0.2) is 35.5 Å². The third-order valence-electron chi connectivity index (χ3n) is 3.32. The maximum absolute atomic E-state index is 12.1. The number of para-hydroxylation sites is 2. The molecule has 0 unspecified atom stereocenters. The monoisotopic (exact) mass is 268 g/mol. The average molecular weight is 268 g/mol. The summed E-state index contributed by atoms with van der Waals surface area (Å²) in [7, 11) is 0. The van der Waals surface area contributed by atoms with Crippen LogP contribution in [0.3, 0.4) is 0 Å². The number of benzene rings is 1. The summed E-state index contributed by atoms with van der Waals surface area (Å²) in [5.74, 6) is -0.178. The van der Waals surface area contributed by atoms with Crippen molar-refractivity contribution in [2.24, 2.45) is 0 Å². The smallest absolute Gasteiger partial charge is 0.271 e. The maximum atomic E-state index is 12.1. The van der Waals surface area contributed by atoms with Crippen molar-refractivity contribution in [1.82, 2.24) is 20.6 Å². The summed E-state index contributed by atoms with van der Waals surface area (Å²) in [4.78, 5) is 20.7. The second-order valence-electron chi connectivity index (χ2n) is 4.74. The Morgan fingerprint density at radius 3 is 2.95 bits per heavy atom. The Hall–Kier alpha value is -2.27. The summed E-state index contributed by atoms with van der Waals surface area (Å²) >= 11 is 0. The molecule has 1 aliphatic rings. The van der Waals surface area contributed by atoms with Crippen molar-refractivity contribution >= 4 is 16.9 Å². The van der Waals surface area contributed by atoms with Crippen LogP contribution in [0.2, 0.25) is 0 Å². The lowest BCUT2D eigenvalue weighted by atomic mass is 10.1. The van der Waals surface area contributed by atoms with Crippen LogP contribution in [-0.2, 0) is 0 Å². The Morgan fingerprint density at radius 2 is 2.15 bits per heavy atom. The Kier molecular flexibility index (Phi) is 3.69. The Morgan fingerprint density at radius 1 is 1.30 bits per heavy atom. The summed E-state index contributed by atoms with van der Waals surface area (Å²) in [5, 5.41) is 6.14. The van der Waals surface area contributed by atoms with E-state index < -0.39 is 0 Å². The number of rotatable bonds is 3. The van der Waals surface area contributed by atoms with Crippen molar-refractivity contribution in [3.05, 3.63) is 47.8 Å². The summed E-state index contributed by atoms with van der Waals surface area (Å²) in [6, 6.07) is 7.52. The molecule has 1 amide bonds. The molecule has 3 rings (SSSR count). The zero-order valence-electron chi connectivity index (χ0n) is 11.1. The Bertz CT molecular complexity index is 666. The summed E-state index contributed by atoms with van der Waals surface area (Å²) in [6.45, 7) is 2.42. The van der Waals surface area contributed by atoms with Gasteiger partial charge in [-0.2, -0.15) is 0 Å². The van der Waals surface area contributed by atoms with Crippen LogP contribution in [0.5, 0.6) is 0 Å². The predicted octanol–water partition coefficient (Wildman–Crippen LogP) is 1.28. The fourth-order valence-electron chi connectivity index (χ4n) is 2.18. The molecule has 5 heteroatoms. The zero-order chi connectivity index (χ0) is 13.8. The molecule has 0 spiro atoms. The number of aromatic nitrogens is 2. The molecule has 5 nitrogen and oxygen atoms in total. The third kappa shape index (κ3) is 2.83. The van der Waals surface area contributed by atoms with Gasteiger partial charge in [-0.1, -0.05) is 23.8 Å². The number of fused-ring (bicyclic) bond motifs is 1. The summed E-state index contributed by atoms with van der Waals surface area (Å²) in [6.07, 6.45) is 4.62. The van der Waals surface area contributed by atoms with Crippen LogP contribution in [0.4, 0.5) is 0 Å². The molecule has 1 aromatic heterocycles. The van der Waals surface area contributed by atoms with Crippen LogP contribution in [0.1, 0.15) is 16.9 Å². The molecule has 0 fully saturated rings. The van der Waals surface area contributed by atoms with Crippen LogP contribution in [0, 0.1) is 0 Å². The largest absolute Gasteiger partial charge is 0.347 e. The highest BCUT2D eigenvalue weighted by molar-refractivity contribution is 5.93. The normalized spacial score (nSPS) is 14.9. The van der Waals surface area contributed by atoms with Gasteiger partial charge in [-0.3, -0.25) is 9.78 Å². The van der Waals surface area contributed by atoms with E-state index in [1.54, 1.807) is 0 Å². The topological polar surface area (TPSA) is 66.9 Å². The van der Waals surface area contributed by atoms with Crippen molar-refractivity contribution in [1.29, 1.82) is 0 Å². The van der Waals surface area contributed by atoms with Gasteiger partial charge in [0.15, 0.2) is 0 Å². The molecule has 0 saturated heterocycles. The number of carbonyl (C=O) groups excluding carboxylic acids is 1. The molecule has 1 aliphatic heterocycles. The molecule has 0 bridgehead atoms. The van der Waals surface area contributed by atoms with E-state index in [1.807, 2.05) is 24.3 Å². The molecular weight excluding hydrogens is 252 g/mol. The van der Waals surface area contributed by atoms with Gasteiger partial charge in [0.25, 0.3) is 5.91 Å². The lowest BCUT2D eigenvalue weighted by molar-refractivity contribution is 0.0951. The van der Waals surface area contributed by atoms with E-state index in [-0.39, 0.29) is 5.91 Å². The Labute approximate surface area is 117 Å². The van der Waals surface area contributed by atoms with Crippen LogP contribution < -0.4 is 10.6 Å². The molecule has 102 valence electrons. The maximum Gasteiger partial charge on any atom is 0.271 e. The summed E-state index contributed by atoms with van der Waals surface area (Å²) < 4.78 is 0. The number of nitrogens with zero attached hydrogens (tertiary/aromatic N) is 2. The van der Waals surface area contributed by atoms with Gasteiger partial charge < -0.3 is 10.6 Å². The van der Waals surface area contributed by atoms with E-state index in [1.165, 1.54) is 11.8 Å². The first-order valence-corrected chi connectivity index (χ1v) is 6.71. The fraction of sp³-hybridized carbons (Fsp3) is 0.267. The van der Waals surface area contributed by atoms with E-state index in [0.717, 1.165) is 30.5 Å². The second-order valence-corrected chi connectivity index (χ2v) is 4.74. The molecule has 0 radical (unpaired) electrons. The van der Waals surface area contributed by atoms with E-state index >= 15 is 0 Å². The first kappa shape index (κ1) is 12.7. The van der Waals surface area contributed by atoms with Gasteiger partial charge in [0, 0.05) is 13.1 Å². The van der Waals surface area contributed by atoms with Crippen molar-refractivity contribution in [3.8, 4) is 0 Å². The minimum Gasteiger partial charge on any atom is -0.347 e. The molecule has 0 aliphatic carbocycles. The lowest BCUT2D eigenvalue weighted by Crippen LogP contribution is -2.30. The quantitative estimate of drug-likeness (QED) is 0.823. The SMILES string of the molecule is O=C(NCC1=CCNCC1)c1cnc2ccccc2n1. The highest BCUT2D eigenvalue weighted by Crippen LogP contribution is 2.08. The minimum absolute atomic E-state index is 0.178. The lowest BCUT2D eigenvalue weighted by Gasteiger charge is -2.14.